The van der Waals surface area contributed by atoms with E-state index in [1.54, 1.807) is 54.6 Å². The molecule has 1 saturated heterocycles. The number of nitrogens with zero attached hydrogens (tertiary/aromatic N) is 1. The molecule has 178 valence electrons. The smallest absolute Gasteiger partial charge is 0.335 e. The standard InChI is InChI=1S/C27H23ClN2O5/c1-17(2)35-24-10-6-4-7-18(24)15-22-25(31)29-27(33)30(26(22)32)20-11-13-21(14-12-20)34-16-19-8-3-5-9-23(19)28/h3-15,17H,16H2,1-2H3,(H,29,31,33)/b22-15+. The summed E-state index contributed by atoms with van der Waals surface area (Å²) in [4.78, 5) is 39.2. The van der Waals surface area contributed by atoms with E-state index in [1.807, 2.05) is 32.0 Å². The third kappa shape index (κ3) is 5.53. The summed E-state index contributed by atoms with van der Waals surface area (Å²) in [6, 6.07) is 20.0. The molecular weight excluding hydrogens is 468 g/mol. The molecule has 3 aromatic rings. The van der Waals surface area contributed by atoms with Gasteiger partial charge >= 0.3 is 6.03 Å². The van der Waals surface area contributed by atoms with E-state index in [0.717, 1.165) is 10.5 Å². The van der Waals surface area contributed by atoms with Gasteiger partial charge in [0.1, 0.15) is 23.7 Å². The number of barbiturate groups is 1. The highest BCUT2D eigenvalue weighted by Gasteiger charge is 2.37. The second-order valence-electron chi connectivity index (χ2n) is 8.04. The Hall–Kier alpha value is -4.10. The number of hydrogen-bond acceptors (Lipinski definition) is 5. The number of carbonyl (C=O) groups is 3. The third-order valence-corrected chi connectivity index (χ3v) is 5.50. The van der Waals surface area contributed by atoms with E-state index < -0.39 is 17.8 Å². The van der Waals surface area contributed by atoms with Crippen LogP contribution in [0, 0.1) is 0 Å². The average Bonchev–Trinajstić information content (AvgIpc) is 2.82. The number of imide groups is 2. The van der Waals surface area contributed by atoms with Crippen molar-refractivity contribution in [2.45, 2.75) is 26.6 Å². The Morgan fingerprint density at radius 1 is 0.943 bits per heavy atom. The minimum Gasteiger partial charge on any atom is -0.490 e. The molecule has 8 heteroatoms. The fraction of sp³-hybridized carbons (Fsp3) is 0.148. The van der Waals surface area contributed by atoms with Gasteiger partial charge in [0.2, 0.25) is 0 Å². The molecule has 1 heterocycles. The Kier molecular flexibility index (Phi) is 7.17. The zero-order valence-electron chi connectivity index (χ0n) is 19.2. The van der Waals surface area contributed by atoms with Crippen LogP contribution in [0.5, 0.6) is 11.5 Å². The summed E-state index contributed by atoms with van der Waals surface area (Å²) in [6.07, 6.45) is 1.33. The van der Waals surface area contributed by atoms with Gasteiger partial charge in [-0.25, -0.2) is 9.69 Å². The Morgan fingerprint density at radius 3 is 2.34 bits per heavy atom. The van der Waals surface area contributed by atoms with Crippen LogP contribution >= 0.6 is 11.6 Å². The Bertz CT molecular complexity index is 1300. The molecule has 4 amide bonds. The molecular formula is C27H23ClN2O5. The number of para-hydroxylation sites is 1. The van der Waals surface area contributed by atoms with Crippen molar-refractivity contribution in [1.82, 2.24) is 5.32 Å². The van der Waals surface area contributed by atoms with Crippen molar-refractivity contribution < 1.29 is 23.9 Å². The lowest BCUT2D eigenvalue weighted by molar-refractivity contribution is -0.122. The fourth-order valence-electron chi connectivity index (χ4n) is 3.48. The number of halogens is 1. The first-order valence-corrected chi connectivity index (χ1v) is 11.3. The fourth-order valence-corrected chi connectivity index (χ4v) is 3.67. The lowest BCUT2D eigenvalue weighted by atomic mass is 10.1. The monoisotopic (exact) mass is 490 g/mol. The van der Waals surface area contributed by atoms with E-state index in [1.165, 1.54) is 6.08 Å². The number of nitrogens with one attached hydrogen (secondary N) is 1. The Labute approximate surface area is 207 Å². The maximum atomic E-state index is 13.2. The SMILES string of the molecule is CC(C)Oc1ccccc1/C=C1\C(=O)NC(=O)N(c2ccc(OCc3ccccc3Cl)cc2)C1=O. The van der Waals surface area contributed by atoms with E-state index in [-0.39, 0.29) is 18.3 Å². The van der Waals surface area contributed by atoms with Gasteiger partial charge < -0.3 is 9.47 Å². The highest BCUT2D eigenvalue weighted by atomic mass is 35.5. The second kappa shape index (κ2) is 10.4. The number of rotatable bonds is 7. The first-order chi connectivity index (χ1) is 16.8. The van der Waals surface area contributed by atoms with Crippen LogP contribution in [0.3, 0.4) is 0 Å². The van der Waals surface area contributed by atoms with Crippen LogP contribution in [0.4, 0.5) is 10.5 Å². The molecule has 0 saturated carbocycles. The molecule has 0 spiro atoms. The van der Waals surface area contributed by atoms with Crippen molar-refractivity contribution >= 4 is 41.2 Å². The molecule has 1 aliphatic heterocycles. The van der Waals surface area contributed by atoms with Crippen molar-refractivity contribution in [3.05, 3.63) is 94.5 Å². The van der Waals surface area contributed by atoms with Crippen molar-refractivity contribution in [3.63, 3.8) is 0 Å². The number of urea groups is 1. The molecule has 7 nitrogen and oxygen atoms in total. The molecule has 1 fully saturated rings. The predicted molar refractivity (Wildman–Crippen MR) is 133 cm³/mol. The maximum absolute atomic E-state index is 13.2. The zero-order chi connectivity index (χ0) is 24.9. The first kappa shape index (κ1) is 24.0. The van der Waals surface area contributed by atoms with E-state index in [0.29, 0.717) is 27.8 Å². The summed E-state index contributed by atoms with van der Waals surface area (Å²) in [5.74, 6) is -0.442. The summed E-state index contributed by atoms with van der Waals surface area (Å²) >= 11 is 6.16. The number of anilines is 1. The van der Waals surface area contributed by atoms with Gasteiger partial charge in [0.15, 0.2) is 0 Å². The first-order valence-electron chi connectivity index (χ1n) is 11.0. The van der Waals surface area contributed by atoms with Crippen molar-refractivity contribution in [3.8, 4) is 11.5 Å². The van der Waals surface area contributed by atoms with Crippen LogP contribution in [0.25, 0.3) is 6.08 Å². The third-order valence-electron chi connectivity index (χ3n) is 5.13. The highest BCUT2D eigenvalue weighted by molar-refractivity contribution is 6.39. The van der Waals surface area contributed by atoms with Gasteiger partial charge in [-0.05, 0) is 56.3 Å². The van der Waals surface area contributed by atoms with Crippen LogP contribution in [0.2, 0.25) is 5.02 Å². The molecule has 4 rings (SSSR count). The normalized spacial score (nSPS) is 14.9. The number of benzene rings is 3. The molecule has 0 bridgehead atoms. The molecule has 0 radical (unpaired) electrons. The Balaban J connectivity index is 1.56. The average molecular weight is 491 g/mol. The molecule has 1 N–H and O–H groups in total. The van der Waals surface area contributed by atoms with E-state index >= 15 is 0 Å². The van der Waals surface area contributed by atoms with Gasteiger partial charge in [0, 0.05) is 16.1 Å². The van der Waals surface area contributed by atoms with Gasteiger partial charge in [-0.2, -0.15) is 0 Å². The molecule has 0 atom stereocenters. The molecule has 0 aromatic heterocycles. The largest absolute Gasteiger partial charge is 0.490 e. The minimum atomic E-state index is -0.825. The predicted octanol–water partition coefficient (Wildman–Crippen LogP) is 5.37. The van der Waals surface area contributed by atoms with Crippen LogP contribution < -0.4 is 19.7 Å². The van der Waals surface area contributed by atoms with Crippen LogP contribution in [-0.4, -0.2) is 23.9 Å². The lowest BCUT2D eigenvalue weighted by Crippen LogP contribution is -2.54. The zero-order valence-corrected chi connectivity index (χ0v) is 19.9. The van der Waals surface area contributed by atoms with Crippen molar-refractivity contribution in [2.24, 2.45) is 0 Å². The van der Waals surface area contributed by atoms with Crippen molar-refractivity contribution in [2.75, 3.05) is 4.90 Å². The van der Waals surface area contributed by atoms with E-state index in [9.17, 15) is 14.4 Å². The molecule has 0 unspecified atom stereocenters. The lowest BCUT2D eigenvalue weighted by Gasteiger charge is -2.26. The second-order valence-corrected chi connectivity index (χ2v) is 8.44. The van der Waals surface area contributed by atoms with Gasteiger partial charge in [-0.15, -0.1) is 0 Å². The van der Waals surface area contributed by atoms with Crippen LogP contribution in [-0.2, 0) is 16.2 Å². The molecule has 1 aliphatic rings. The van der Waals surface area contributed by atoms with Gasteiger partial charge in [-0.1, -0.05) is 48.0 Å². The quantitative estimate of drug-likeness (QED) is 0.355. The van der Waals surface area contributed by atoms with Crippen LogP contribution in [0.15, 0.2) is 78.4 Å². The topological polar surface area (TPSA) is 84.9 Å². The summed E-state index contributed by atoms with van der Waals surface area (Å²) in [5, 5.41) is 2.83. The van der Waals surface area contributed by atoms with Gasteiger partial charge in [0.25, 0.3) is 11.8 Å². The van der Waals surface area contributed by atoms with Crippen LogP contribution in [0.1, 0.15) is 25.0 Å². The summed E-state index contributed by atoms with van der Waals surface area (Å²) in [6.45, 7) is 4.02. The molecule has 35 heavy (non-hydrogen) atoms. The number of hydrogen-bond donors (Lipinski definition) is 1. The molecule has 0 aliphatic carbocycles. The number of carbonyl (C=O) groups excluding carboxylic acids is 3. The van der Waals surface area contributed by atoms with Gasteiger partial charge in [-0.3, -0.25) is 14.9 Å². The Morgan fingerprint density at radius 2 is 1.63 bits per heavy atom. The highest BCUT2D eigenvalue weighted by Crippen LogP contribution is 2.27. The van der Waals surface area contributed by atoms with E-state index in [2.05, 4.69) is 5.32 Å². The number of ether oxygens (including phenoxy) is 2. The summed E-state index contributed by atoms with van der Waals surface area (Å²) < 4.78 is 11.5. The molecule has 3 aromatic carbocycles. The number of amides is 4. The minimum absolute atomic E-state index is 0.0952. The van der Waals surface area contributed by atoms with Crippen molar-refractivity contribution in [1.29, 1.82) is 0 Å². The summed E-state index contributed by atoms with van der Waals surface area (Å²) in [7, 11) is 0. The van der Waals surface area contributed by atoms with Gasteiger partial charge in [0.05, 0.1) is 11.8 Å². The maximum Gasteiger partial charge on any atom is 0.335 e. The van der Waals surface area contributed by atoms with E-state index in [4.69, 9.17) is 21.1 Å². The summed E-state index contributed by atoms with van der Waals surface area (Å²) in [5.41, 5.74) is 1.50.